The molecule has 0 aromatic heterocycles. The fourth-order valence-corrected chi connectivity index (χ4v) is 1.40. The zero-order valence-electron chi connectivity index (χ0n) is 7.55. The highest BCUT2D eigenvalue weighted by atomic mass is 16.2. The van der Waals surface area contributed by atoms with Crippen molar-refractivity contribution in [1.82, 2.24) is 5.32 Å². The predicted octanol–water partition coefficient (Wildman–Crippen LogP) is 0.509. The third-order valence-electron chi connectivity index (χ3n) is 2.16. The normalized spacial score (nSPS) is 22.7. The van der Waals surface area contributed by atoms with Crippen molar-refractivity contribution >= 4 is 11.8 Å². The topological polar surface area (TPSA) is 70.0 Å². The zero-order valence-corrected chi connectivity index (χ0v) is 7.55. The molecule has 0 aromatic rings. The Morgan fingerprint density at radius 2 is 2.15 bits per heavy atom. The van der Waals surface area contributed by atoms with Gasteiger partial charge >= 0.3 is 0 Å². The lowest BCUT2D eigenvalue weighted by Gasteiger charge is -2.19. The first-order valence-electron chi connectivity index (χ1n) is 4.06. The Labute approximate surface area is 76.2 Å². The van der Waals surface area contributed by atoms with Gasteiger partial charge < -0.3 is 0 Å². The summed E-state index contributed by atoms with van der Waals surface area (Å²) in [7, 11) is 0. The van der Waals surface area contributed by atoms with Crippen molar-refractivity contribution < 1.29 is 9.59 Å². The quantitative estimate of drug-likeness (QED) is 0.595. The van der Waals surface area contributed by atoms with Crippen molar-refractivity contribution in [3.05, 3.63) is 11.1 Å². The minimum absolute atomic E-state index is 0.364. The second kappa shape index (κ2) is 3.40. The first kappa shape index (κ1) is 9.46. The molecule has 0 spiro atoms. The van der Waals surface area contributed by atoms with Crippen LogP contribution in [0.2, 0.25) is 0 Å². The predicted molar refractivity (Wildman–Crippen MR) is 45.2 cm³/mol. The van der Waals surface area contributed by atoms with Gasteiger partial charge in [-0.2, -0.15) is 5.26 Å². The summed E-state index contributed by atoms with van der Waals surface area (Å²) in [6, 6.07) is 1.87. The Hall–Kier alpha value is -1.63. The summed E-state index contributed by atoms with van der Waals surface area (Å²) in [5, 5.41) is 10.8. The first-order valence-corrected chi connectivity index (χ1v) is 4.06. The summed E-state index contributed by atoms with van der Waals surface area (Å²) in [5.41, 5.74) is 1.13. The van der Waals surface area contributed by atoms with Gasteiger partial charge in [0, 0.05) is 5.57 Å². The van der Waals surface area contributed by atoms with Crippen LogP contribution in [0.25, 0.3) is 0 Å². The van der Waals surface area contributed by atoms with Gasteiger partial charge in [-0.25, -0.2) is 0 Å². The molecule has 0 aliphatic carbocycles. The fraction of sp³-hybridized carbons (Fsp3) is 0.444. The molecule has 0 radical (unpaired) electrons. The van der Waals surface area contributed by atoms with E-state index in [2.05, 4.69) is 5.32 Å². The minimum Gasteiger partial charge on any atom is -0.291 e. The second-order valence-electron chi connectivity index (χ2n) is 2.90. The standard InChI is InChI=1S/C9H10N2O2/c1-3-6-5(2)7(4-10)9(13)11-8(6)12/h7H,3H2,1-2H3,(H,11,12,13). The van der Waals surface area contributed by atoms with E-state index in [1.54, 1.807) is 6.92 Å². The molecule has 0 bridgehead atoms. The highest BCUT2D eigenvalue weighted by Gasteiger charge is 2.31. The lowest BCUT2D eigenvalue weighted by molar-refractivity contribution is -0.130. The molecule has 1 rings (SSSR count). The Balaban J connectivity index is 3.17. The van der Waals surface area contributed by atoms with E-state index in [9.17, 15) is 9.59 Å². The molecular formula is C9H10N2O2. The summed E-state index contributed by atoms with van der Waals surface area (Å²) in [6.07, 6.45) is 0.545. The van der Waals surface area contributed by atoms with Crippen LogP contribution in [0.3, 0.4) is 0 Å². The van der Waals surface area contributed by atoms with Gasteiger partial charge in [0.25, 0.3) is 5.91 Å². The molecule has 1 N–H and O–H groups in total. The lowest BCUT2D eigenvalue weighted by Crippen LogP contribution is -2.41. The summed E-state index contributed by atoms with van der Waals surface area (Å²) < 4.78 is 0. The molecule has 1 unspecified atom stereocenters. The summed E-state index contributed by atoms with van der Waals surface area (Å²) in [5.74, 6) is -1.67. The smallest absolute Gasteiger partial charge is 0.253 e. The molecule has 1 aliphatic heterocycles. The monoisotopic (exact) mass is 178 g/mol. The molecule has 4 heteroatoms. The number of hydrogen-bond acceptors (Lipinski definition) is 3. The lowest BCUT2D eigenvalue weighted by atomic mass is 9.91. The highest BCUT2D eigenvalue weighted by Crippen LogP contribution is 2.21. The Morgan fingerprint density at radius 1 is 1.54 bits per heavy atom. The maximum absolute atomic E-state index is 11.2. The van der Waals surface area contributed by atoms with Crippen LogP contribution in [-0.2, 0) is 9.59 Å². The van der Waals surface area contributed by atoms with Gasteiger partial charge in [0.05, 0.1) is 6.07 Å². The number of amides is 2. The zero-order chi connectivity index (χ0) is 10.0. The fourth-order valence-electron chi connectivity index (χ4n) is 1.40. The summed E-state index contributed by atoms with van der Waals surface area (Å²) in [6.45, 7) is 3.48. The van der Waals surface area contributed by atoms with Gasteiger partial charge in [-0.1, -0.05) is 6.92 Å². The van der Waals surface area contributed by atoms with Crippen molar-refractivity contribution in [3.8, 4) is 6.07 Å². The molecule has 2 amide bonds. The van der Waals surface area contributed by atoms with Crippen molar-refractivity contribution in [2.45, 2.75) is 20.3 Å². The molecule has 13 heavy (non-hydrogen) atoms. The second-order valence-corrected chi connectivity index (χ2v) is 2.90. The molecule has 0 saturated carbocycles. The molecule has 1 heterocycles. The molecule has 1 atom stereocenters. The Kier molecular flexibility index (Phi) is 2.47. The first-order chi connectivity index (χ1) is 6.11. The number of rotatable bonds is 1. The van der Waals surface area contributed by atoms with E-state index >= 15 is 0 Å². The number of nitrogens with one attached hydrogen (secondary N) is 1. The van der Waals surface area contributed by atoms with Crippen LogP contribution in [0.4, 0.5) is 0 Å². The van der Waals surface area contributed by atoms with Crippen molar-refractivity contribution in [3.63, 3.8) is 0 Å². The van der Waals surface area contributed by atoms with Crippen LogP contribution >= 0.6 is 0 Å². The molecule has 68 valence electrons. The molecule has 0 aromatic carbocycles. The van der Waals surface area contributed by atoms with Gasteiger partial charge in [0.15, 0.2) is 0 Å². The number of imide groups is 1. The van der Waals surface area contributed by atoms with E-state index in [1.807, 2.05) is 13.0 Å². The maximum atomic E-state index is 11.2. The molecule has 1 aliphatic rings. The van der Waals surface area contributed by atoms with Crippen LogP contribution in [0, 0.1) is 17.2 Å². The van der Waals surface area contributed by atoms with Crippen molar-refractivity contribution in [1.29, 1.82) is 5.26 Å². The van der Waals surface area contributed by atoms with Gasteiger partial charge in [0.2, 0.25) is 5.91 Å². The van der Waals surface area contributed by atoms with Crippen LogP contribution in [0.5, 0.6) is 0 Å². The van der Waals surface area contributed by atoms with Gasteiger partial charge in [-0.3, -0.25) is 14.9 Å². The van der Waals surface area contributed by atoms with Gasteiger partial charge in [-0.15, -0.1) is 0 Å². The van der Waals surface area contributed by atoms with Crippen molar-refractivity contribution in [2.24, 2.45) is 5.92 Å². The largest absolute Gasteiger partial charge is 0.291 e. The van der Waals surface area contributed by atoms with E-state index in [4.69, 9.17) is 5.26 Å². The van der Waals surface area contributed by atoms with Gasteiger partial charge in [-0.05, 0) is 18.9 Å². The van der Waals surface area contributed by atoms with E-state index in [0.717, 1.165) is 0 Å². The van der Waals surface area contributed by atoms with E-state index in [1.165, 1.54) is 0 Å². The van der Waals surface area contributed by atoms with Gasteiger partial charge in [0.1, 0.15) is 5.92 Å². The van der Waals surface area contributed by atoms with E-state index < -0.39 is 11.8 Å². The molecular weight excluding hydrogens is 168 g/mol. The third kappa shape index (κ3) is 1.45. The number of carbonyl (C=O) groups is 2. The summed E-state index contributed by atoms with van der Waals surface area (Å²) in [4.78, 5) is 22.3. The van der Waals surface area contributed by atoms with Crippen molar-refractivity contribution in [2.75, 3.05) is 0 Å². The Morgan fingerprint density at radius 3 is 2.62 bits per heavy atom. The average molecular weight is 178 g/mol. The van der Waals surface area contributed by atoms with Crippen LogP contribution < -0.4 is 5.32 Å². The van der Waals surface area contributed by atoms with Crippen LogP contribution in [0.1, 0.15) is 20.3 Å². The maximum Gasteiger partial charge on any atom is 0.253 e. The summed E-state index contributed by atoms with van der Waals surface area (Å²) >= 11 is 0. The average Bonchev–Trinajstić information content (AvgIpc) is 2.04. The number of hydrogen-bond donors (Lipinski definition) is 1. The van der Waals surface area contributed by atoms with E-state index in [-0.39, 0.29) is 5.91 Å². The highest BCUT2D eigenvalue weighted by molar-refractivity contribution is 6.10. The molecule has 4 nitrogen and oxygen atoms in total. The minimum atomic E-state index is -0.798. The number of nitriles is 1. The number of carbonyl (C=O) groups excluding carboxylic acids is 2. The molecule has 0 saturated heterocycles. The van der Waals surface area contributed by atoms with Crippen LogP contribution in [0.15, 0.2) is 11.1 Å². The SMILES string of the molecule is CCC1=C(C)C(C#N)C(=O)NC1=O. The Bertz CT molecular complexity index is 336. The molecule has 0 fully saturated rings. The third-order valence-corrected chi connectivity index (χ3v) is 2.16. The van der Waals surface area contributed by atoms with E-state index in [0.29, 0.717) is 17.6 Å². The number of nitrogens with zero attached hydrogens (tertiary/aromatic N) is 1. The van der Waals surface area contributed by atoms with Crippen LogP contribution in [-0.4, -0.2) is 11.8 Å².